The molecule has 1 aliphatic rings. The summed E-state index contributed by atoms with van der Waals surface area (Å²) in [4.78, 5) is 24.4. The van der Waals surface area contributed by atoms with Gasteiger partial charge in [-0.2, -0.15) is 0 Å². The second-order valence-corrected chi connectivity index (χ2v) is 5.73. The summed E-state index contributed by atoms with van der Waals surface area (Å²) in [7, 11) is 1.35. The SMILES string of the molecule is COC(=O)C[C@H](NC(=O)C[C@H]1CCCO1)c1cccs1. The lowest BCUT2D eigenvalue weighted by Crippen LogP contribution is -2.32. The van der Waals surface area contributed by atoms with Gasteiger partial charge < -0.3 is 14.8 Å². The lowest BCUT2D eigenvalue weighted by Gasteiger charge is -2.17. The minimum atomic E-state index is -0.333. The van der Waals surface area contributed by atoms with Gasteiger partial charge in [0.2, 0.25) is 5.91 Å². The predicted molar refractivity (Wildman–Crippen MR) is 75.4 cm³/mol. The Labute approximate surface area is 122 Å². The molecule has 0 aromatic carbocycles. The van der Waals surface area contributed by atoms with Crippen molar-refractivity contribution in [3.8, 4) is 0 Å². The van der Waals surface area contributed by atoms with Crippen LogP contribution in [0.2, 0.25) is 0 Å². The van der Waals surface area contributed by atoms with E-state index in [9.17, 15) is 9.59 Å². The maximum Gasteiger partial charge on any atom is 0.307 e. The Morgan fingerprint density at radius 1 is 1.60 bits per heavy atom. The fourth-order valence-electron chi connectivity index (χ4n) is 2.23. The van der Waals surface area contributed by atoms with Crippen LogP contribution in [-0.2, 0) is 19.1 Å². The second kappa shape index (κ2) is 7.40. The van der Waals surface area contributed by atoms with Crippen LogP contribution in [0.5, 0.6) is 0 Å². The number of thiophene rings is 1. The molecule has 0 radical (unpaired) electrons. The van der Waals surface area contributed by atoms with Gasteiger partial charge in [-0.3, -0.25) is 9.59 Å². The number of esters is 1. The zero-order chi connectivity index (χ0) is 14.4. The molecule has 6 heteroatoms. The summed E-state index contributed by atoms with van der Waals surface area (Å²) in [5.74, 6) is -0.417. The van der Waals surface area contributed by atoms with Gasteiger partial charge in [-0.05, 0) is 24.3 Å². The molecular formula is C14H19NO4S. The summed E-state index contributed by atoms with van der Waals surface area (Å²) in [6.45, 7) is 0.731. The number of ether oxygens (including phenoxy) is 2. The molecule has 0 saturated carbocycles. The van der Waals surface area contributed by atoms with E-state index in [0.29, 0.717) is 6.42 Å². The third-order valence-electron chi connectivity index (χ3n) is 3.26. The van der Waals surface area contributed by atoms with Crippen molar-refractivity contribution in [3.63, 3.8) is 0 Å². The molecule has 0 bridgehead atoms. The Hall–Kier alpha value is -1.40. The molecule has 20 heavy (non-hydrogen) atoms. The summed E-state index contributed by atoms with van der Waals surface area (Å²) in [5, 5.41) is 4.82. The van der Waals surface area contributed by atoms with Crippen molar-refractivity contribution in [2.75, 3.05) is 13.7 Å². The monoisotopic (exact) mass is 297 g/mol. The molecule has 1 saturated heterocycles. The van der Waals surface area contributed by atoms with Crippen LogP contribution in [0.3, 0.4) is 0 Å². The molecule has 0 spiro atoms. The van der Waals surface area contributed by atoms with Gasteiger partial charge in [-0.25, -0.2) is 0 Å². The third-order valence-corrected chi connectivity index (χ3v) is 4.24. The molecular weight excluding hydrogens is 278 g/mol. The molecule has 1 aromatic heterocycles. The molecule has 110 valence electrons. The Morgan fingerprint density at radius 3 is 3.05 bits per heavy atom. The standard InChI is InChI=1S/C14H19NO4S/c1-18-14(17)9-11(12-5-3-7-20-12)15-13(16)8-10-4-2-6-19-10/h3,5,7,10-11H,2,4,6,8-9H2,1H3,(H,15,16)/t10-,11+/m1/s1. The number of amides is 1. The topological polar surface area (TPSA) is 64.6 Å². The Bertz CT molecular complexity index is 440. The van der Waals surface area contributed by atoms with Crippen molar-refractivity contribution in [2.24, 2.45) is 0 Å². The van der Waals surface area contributed by atoms with Crippen molar-refractivity contribution in [3.05, 3.63) is 22.4 Å². The van der Waals surface area contributed by atoms with Gasteiger partial charge in [-0.15, -0.1) is 11.3 Å². The van der Waals surface area contributed by atoms with Crippen molar-refractivity contribution in [1.29, 1.82) is 0 Å². The van der Waals surface area contributed by atoms with E-state index in [1.165, 1.54) is 18.4 Å². The van der Waals surface area contributed by atoms with Crippen LogP contribution >= 0.6 is 11.3 Å². The minimum absolute atomic E-state index is 0.0112. The van der Waals surface area contributed by atoms with Crippen molar-refractivity contribution >= 4 is 23.2 Å². The first-order valence-corrected chi connectivity index (χ1v) is 7.58. The third kappa shape index (κ3) is 4.31. The smallest absolute Gasteiger partial charge is 0.307 e. The van der Waals surface area contributed by atoms with E-state index >= 15 is 0 Å². The number of nitrogens with one attached hydrogen (secondary N) is 1. The van der Waals surface area contributed by atoms with Gasteiger partial charge in [0, 0.05) is 11.5 Å². The maximum absolute atomic E-state index is 12.0. The average Bonchev–Trinajstić information content (AvgIpc) is 3.10. The number of carbonyl (C=O) groups excluding carboxylic acids is 2. The lowest BCUT2D eigenvalue weighted by atomic mass is 10.1. The Morgan fingerprint density at radius 2 is 2.45 bits per heavy atom. The zero-order valence-corrected chi connectivity index (χ0v) is 12.3. The van der Waals surface area contributed by atoms with Crippen LogP contribution in [0.25, 0.3) is 0 Å². The van der Waals surface area contributed by atoms with Crippen molar-refractivity contribution in [1.82, 2.24) is 5.32 Å². The first-order valence-electron chi connectivity index (χ1n) is 6.70. The predicted octanol–water partition coefficient (Wildman–Crippen LogP) is 2.04. The largest absolute Gasteiger partial charge is 0.469 e. The van der Waals surface area contributed by atoms with E-state index in [1.54, 1.807) is 0 Å². The molecule has 1 aliphatic heterocycles. The highest BCUT2D eigenvalue weighted by Crippen LogP contribution is 2.23. The van der Waals surface area contributed by atoms with Crippen LogP contribution in [0.15, 0.2) is 17.5 Å². The molecule has 2 heterocycles. The Balaban J connectivity index is 1.92. The molecule has 1 N–H and O–H groups in total. The number of methoxy groups -OCH3 is 1. The lowest BCUT2D eigenvalue weighted by molar-refractivity contribution is -0.141. The van der Waals surface area contributed by atoms with Crippen LogP contribution in [0.4, 0.5) is 0 Å². The maximum atomic E-state index is 12.0. The van der Waals surface area contributed by atoms with Crippen LogP contribution in [0, 0.1) is 0 Å². The highest BCUT2D eigenvalue weighted by molar-refractivity contribution is 7.10. The van der Waals surface area contributed by atoms with Gasteiger partial charge in [-0.1, -0.05) is 6.07 Å². The first-order chi connectivity index (χ1) is 9.69. The summed E-state index contributed by atoms with van der Waals surface area (Å²) in [5.41, 5.74) is 0. The highest BCUT2D eigenvalue weighted by atomic mass is 32.1. The number of hydrogen-bond donors (Lipinski definition) is 1. The summed E-state index contributed by atoms with van der Waals surface area (Å²) >= 11 is 1.51. The minimum Gasteiger partial charge on any atom is -0.469 e. The molecule has 1 amide bonds. The van der Waals surface area contributed by atoms with E-state index in [4.69, 9.17) is 4.74 Å². The number of hydrogen-bond acceptors (Lipinski definition) is 5. The van der Waals surface area contributed by atoms with E-state index in [-0.39, 0.29) is 30.4 Å². The van der Waals surface area contributed by atoms with Gasteiger partial charge in [0.25, 0.3) is 0 Å². The van der Waals surface area contributed by atoms with Crippen LogP contribution in [-0.4, -0.2) is 31.7 Å². The normalized spacial score (nSPS) is 19.6. The van der Waals surface area contributed by atoms with Crippen LogP contribution in [0.1, 0.15) is 36.6 Å². The molecule has 5 nitrogen and oxygen atoms in total. The van der Waals surface area contributed by atoms with E-state index in [1.807, 2.05) is 17.5 Å². The molecule has 0 unspecified atom stereocenters. The molecule has 1 fully saturated rings. The van der Waals surface area contributed by atoms with Crippen molar-refractivity contribution < 1.29 is 19.1 Å². The fraction of sp³-hybridized carbons (Fsp3) is 0.571. The number of rotatable bonds is 6. The summed E-state index contributed by atoms with van der Waals surface area (Å²) in [6, 6.07) is 3.48. The van der Waals surface area contributed by atoms with E-state index in [2.05, 4.69) is 10.1 Å². The Kier molecular flexibility index (Phi) is 5.55. The van der Waals surface area contributed by atoms with Crippen LogP contribution < -0.4 is 5.32 Å². The first kappa shape index (κ1) is 15.0. The fourth-order valence-corrected chi connectivity index (χ4v) is 3.01. The second-order valence-electron chi connectivity index (χ2n) is 4.75. The molecule has 2 rings (SSSR count). The quantitative estimate of drug-likeness (QED) is 0.816. The summed E-state index contributed by atoms with van der Waals surface area (Å²) < 4.78 is 10.1. The van der Waals surface area contributed by atoms with E-state index < -0.39 is 0 Å². The average molecular weight is 297 g/mol. The van der Waals surface area contributed by atoms with Gasteiger partial charge in [0.05, 0.1) is 32.1 Å². The van der Waals surface area contributed by atoms with Gasteiger partial charge >= 0.3 is 5.97 Å². The van der Waals surface area contributed by atoms with E-state index in [0.717, 1.165) is 24.3 Å². The molecule has 1 aromatic rings. The summed E-state index contributed by atoms with van der Waals surface area (Å²) in [6.07, 6.45) is 2.44. The van der Waals surface area contributed by atoms with Gasteiger partial charge in [0.15, 0.2) is 0 Å². The van der Waals surface area contributed by atoms with Gasteiger partial charge in [0.1, 0.15) is 0 Å². The number of carbonyl (C=O) groups is 2. The molecule has 2 atom stereocenters. The highest BCUT2D eigenvalue weighted by Gasteiger charge is 2.23. The zero-order valence-electron chi connectivity index (χ0n) is 11.5. The molecule has 0 aliphatic carbocycles. The van der Waals surface area contributed by atoms with Crippen molar-refractivity contribution in [2.45, 2.75) is 37.8 Å².